The van der Waals surface area contributed by atoms with E-state index in [1.807, 2.05) is 6.08 Å². The lowest BCUT2D eigenvalue weighted by Gasteiger charge is -2.47. The molecular weight excluding hydrogens is 961 g/mol. The topological polar surface area (TPSA) is 119 Å². The van der Waals surface area contributed by atoms with Crippen molar-refractivity contribution in [2.75, 3.05) is 13.7 Å². The first-order valence-corrected chi connectivity index (χ1v) is 36.8. The second-order valence-corrected chi connectivity index (χ2v) is 37.3. The summed E-state index contributed by atoms with van der Waals surface area (Å²) in [6.45, 7) is 36.6. The number of carbonyl (C=O) groups is 1. The molecule has 12 nitrogen and oxygen atoms in total. The largest absolute Gasteiger partial charge is 0.414 e. The van der Waals surface area contributed by atoms with Crippen LogP contribution in [0.25, 0.3) is 0 Å². The number of hydrogen-bond acceptors (Lipinski definition) is 12. The van der Waals surface area contributed by atoms with Gasteiger partial charge in [-0.05, 0) is 110 Å². The van der Waals surface area contributed by atoms with E-state index >= 15 is 0 Å². The molecule has 8 fully saturated rings. The monoisotopic (exact) mass is 1060 g/mol. The molecule has 0 radical (unpaired) electrons. The Kier molecular flexibility index (Phi) is 21.0. The Labute approximate surface area is 439 Å². The molecular formula is C57H100O12Si3. The molecule has 0 aliphatic carbocycles. The van der Waals surface area contributed by atoms with E-state index in [1.54, 1.807) is 7.11 Å². The van der Waals surface area contributed by atoms with Crippen LogP contribution in [0.1, 0.15) is 140 Å². The van der Waals surface area contributed by atoms with Gasteiger partial charge in [-0.1, -0.05) is 88.5 Å². The van der Waals surface area contributed by atoms with Gasteiger partial charge in [-0.15, -0.1) is 6.58 Å². The SMILES string of the molecule is C=CC[C@@H]1O[C@@H]2[C@H]3O[C@@H]4CC(CC[C@H]5CC(=C)[C@H](CC[C@H]6C[C@@H](C)C(=C)[C@@H](C[C@@H]7O[C@H](C[C@@H](CO[Si](CC)(CC)CC)O[Si](CC)(CC)CC)[C@H](OC)[C@H]7CC=O)O6)O5)(O[C@H]3[C@H]1O[Si](CC)(CC)CC)O[C@H]24. The van der Waals surface area contributed by atoms with E-state index in [2.05, 4.69) is 89.0 Å². The van der Waals surface area contributed by atoms with Gasteiger partial charge >= 0.3 is 0 Å². The van der Waals surface area contributed by atoms with E-state index in [0.29, 0.717) is 45.1 Å². The molecule has 8 rings (SSSR count). The van der Waals surface area contributed by atoms with Crippen LogP contribution in [0.2, 0.25) is 54.4 Å². The normalized spacial score (nSPS) is 38.2. The van der Waals surface area contributed by atoms with Crippen molar-refractivity contribution in [3.05, 3.63) is 37.0 Å². The Morgan fingerprint density at radius 2 is 1.33 bits per heavy atom. The van der Waals surface area contributed by atoms with Crippen LogP contribution in [0.4, 0.5) is 0 Å². The van der Waals surface area contributed by atoms with Gasteiger partial charge in [0.25, 0.3) is 0 Å². The Bertz CT molecular complexity index is 1750. The molecule has 15 heteroatoms. The number of hydrogen-bond donors (Lipinski definition) is 0. The van der Waals surface area contributed by atoms with Crippen LogP contribution < -0.4 is 0 Å². The lowest BCUT2D eigenvalue weighted by Crippen LogP contribution is -2.62. The first kappa shape index (κ1) is 58.8. The van der Waals surface area contributed by atoms with Crippen molar-refractivity contribution in [2.45, 2.75) is 292 Å². The third-order valence-corrected chi connectivity index (χ3v) is 33.6. The molecule has 18 atom stereocenters. The maximum absolute atomic E-state index is 12.3. The molecule has 6 bridgehead atoms. The molecule has 8 aliphatic heterocycles. The van der Waals surface area contributed by atoms with E-state index < -0.39 is 30.7 Å². The molecule has 8 aliphatic rings. The number of aldehydes is 1. The summed E-state index contributed by atoms with van der Waals surface area (Å²) in [5, 5.41) is 0. The van der Waals surface area contributed by atoms with Crippen molar-refractivity contribution in [1.29, 1.82) is 0 Å². The molecule has 0 aromatic heterocycles. The highest BCUT2D eigenvalue weighted by Crippen LogP contribution is 2.54. The molecule has 0 saturated carbocycles. The Morgan fingerprint density at radius 3 is 1.96 bits per heavy atom. The summed E-state index contributed by atoms with van der Waals surface area (Å²) in [7, 11) is -4.07. The predicted octanol–water partition coefficient (Wildman–Crippen LogP) is 12.2. The van der Waals surface area contributed by atoms with Crippen LogP contribution in [-0.4, -0.2) is 142 Å². The van der Waals surface area contributed by atoms with Crippen molar-refractivity contribution < 1.29 is 56.0 Å². The second-order valence-electron chi connectivity index (χ2n) is 23.1. The van der Waals surface area contributed by atoms with Gasteiger partial charge in [-0.3, -0.25) is 0 Å². The fourth-order valence-electron chi connectivity index (χ4n) is 14.2. The molecule has 412 valence electrons. The third kappa shape index (κ3) is 12.5. The van der Waals surface area contributed by atoms with Crippen LogP contribution in [-0.2, 0) is 56.0 Å². The molecule has 0 spiro atoms. The van der Waals surface area contributed by atoms with E-state index in [0.717, 1.165) is 104 Å². The average molecular weight is 1060 g/mol. The summed E-state index contributed by atoms with van der Waals surface area (Å²) in [5.41, 5.74) is 2.25. The Balaban J connectivity index is 0.962. The third-order valence-electron chi connectivity index (χ3n) is 19.6. The first-order chi connectivity index (χ1) is 34.6. The highest BCUT2D eigenvalue weighted by Gasteiger charge is 2.68. The summed E-state index contributed by atoms with van der Waals surface area (Å²) in [5.74, 6) is -0.573. The minimum absolute atomic E-state index is 0.0317. The number of methoxy groups -OCH3 is 1. The van der Waals surface area contributed by atoms with Crippen molar-refractivity contribution in [2.24, 2.45) is 11.8 Å². The summed E-state index contributed by atoms with van der Waals surface area (Å²) < 4.78 is 76.3. The van der Waals surface area contributed by atoms with E-state index in [9.17, 15) is 4.79 Å². The Morgan fingerprint density at radius 1 is 0.694 bits per heavy atom. The number of rotatable bonds is 31. The van der Waals surface area contributed by atoms with Crippen molar-refractivity contribution in [1.82, 2.24) is 0 Å². The zero-order valence-electron chi connectivity index (χ0n) is 46.8. The summed E-state index contributed by atoms with van der Waals surface area (Å²) in [4.78, 5) is 12.3. The lowest BCUT2D eigenvalue weighted by atomic mass is 9.82. The summed E-state index contributed by atoms with van der Waals surface area (Å²) in [6.07, 6.45) is 8.89. The van der Waals surface area contributed by atoms with Gasteiger partial charge in [0.2, 0.25) is 0 Å². The molecule has 1 unspecified atom stereocenters. The predicted molar refractivity (Wildman–Crippen MR) is 292 cm³/mol. The van der Waals surface area contributed by atoms with Gasteiger partial charge in [0.1, 0.15) is 36.8 Å². The van der Waals surface area contributed by atoms with E-state index in [4.69, 9.17) is 51.2 Å². The van der Waals surface area contributed by atoms with Crippen LogP contribution in [0, 0.1) is 11.8 Å². The van der Waals surface area contributed by atoms with Crippen LogP contribution in [0.3, 0.4) is 0 Å². The van der Waals surface area contributed by atoms with Crippen LogP contribution in [0.15, 0.2) is 37.0 Å². The summed E-state index contributed by atoms with van der Waals surface area (Å²) >= 11 is 0. The van der Waals surface area contributed by atoms with Crippen LogP contribution in [0.5, 0.6) is 0 Å². The maximum atomic E-state index is 12.3. The number of ether oxygens (including phenoxy) is 8. The van der Waals surface area contributed by atoms with Crippen molar-refractivity contribution in [3.63, 3.8) is 0 Å². The minimum Gasteiger partial charge on any atom is -0.414 e. The van der Waals surface area contributed by atoms with Gasteiger partial charge in [-0.25, -0.2) is 0 Å². The van der Waals surface area contributed by atoms with Crippen molar-refractivity contribution >= 4 is 31.2 Å². The first-order valence-electron chi connectivity index (χ1n) is 29.2. The molecule has 72 heavy (non-hydrogen) atoms. The standard InChI is InChI=1S/C57H100O12Si3/c1-15-25-46-53(69-72(22-8,23-9)24-10)56-55-54(64-46)52-50(65-55)36-57(66-52,67-56)30-28-42-33-39(12)45(61-42)27-26-41-32-38(11)40(13)47(62-41)35-48-44(29-31-58)51(59-14)49(63-48)34-43(68-71(19-5,20-6)21-7)37-60-70(16-2,17-3)18-4/h15,31,38,41-56H,1,12-13,16-30,32-37H2,2-11,14H3/t38-,41+,42+,43+,44+,45+,46+,47-,48+,49-,50-,51-,52+,53+,54+,55-,56+,57?/m1/s1. The van der Waals surface area contributed by atoms with Gasteiger partial charge in [0.05, 0.1) is 67.6 Å². The molecule has 8 saturated heterocycles. The number of carbonyl (C=O) groups excluding carboxylic acids is 1. The van der Waals surface area contributed by atoms with Crippen molar-refractivity contribution in [3.8, 4) is 0 Å². The summed E-state index contributed by atoms with van der Waals surface area (Å²) in [6, 6.07) is 9.65. The van der Waals surface area contributed by atoms with E-state index in [1.165, 1.54) is 0 Å². The van der Waals surface area contributed by atoms with Crippen LogP contribution >= 0.6 is 0 Å². The van der Waals surface area contributed by atoms with Gasteiger partial charge < -0.3 is 56.0 Å². The van der Waals surface area contributed by atoms with Gasteiger partial charge in [0.15, 0.2) is 30.7 Å². The molecule has 0 aromatic rings. The smallest absolute Gasteiger partial charge is 0.192 e. The minimum atomic E-state index is -2.00. The zero-order valence-corrected chi connectivity index (χ0v) is 49.8. The average Bonchev–Trinajstić information content (AvgIpc) is 4.08. The molecule has 0 aromatic carbocycles. The fraction of sp³-hybridized carbons (Fsp3) is 0.877. The highest BCUT2D eigenvalue weighted by atomic mass is 28.4. The fourth-order valence-corrected chi connectivity index (χ4v) is 22.5. The van der Waals surface area contributed by atoms with Gasteiger partial charge in [0, 0.05) is 45.1 Å². The molecule has 8 heterocycles. The lowest BCUT2D eigenvalue weighted by molar-refractivity contribution is -0.271. The maximum Gasteiger partial charge on any atom is 0.192 e. The quantitative estimate of drug-likeness (QED) is 0.0374. The molecule has 0 amide bonds. The molecule has 0 N–H and O–H groups in total. The Hall–Kier alpha value is -0.899. The zero-order chi connectivity index (χ0) is 52.0. The highest BCUT2D eigenvalue weighted by molar-refractivity contribution is 6.74. The van der Waals surface area contributed by atoms with E-state index in [-0.39, 0.29) is 103 Å². The second kappa shape index (κ2) is 25.7. The van der Waals surface area contributed by atoms with Gasteiger partial charge in [-0.2, -0.15) is 0 Å².